The van der Waals surface area contributed by atoms with Crippen molar-refractivity contribution in [1.82, 2.24) is 5.32 Å². The van der Waals surface area contributed by atoms with Gasteiger partial charge in [0.05, 0.1) is 0 Å². The van der Waals surface area contributed by atoms with E-state index in [1.807, 2.05) is 18.7 Å². The lowest BCUT2D eigenvalue weighted by molar-refractivity contribution is -0.121. The van der Waals surface area contributed by atoms with Crippen LogP contribution in [0.3, 0.4) is 0 Å². The van der Waals surface area contributed by atoms with E-state index in [-0.39, 0.29) is 5.91 Å². The molecule has 12 heavy (non-hydrogen) atoms. The highest BCUT2D eigenvalue weighted by atomic mass is 32.2. The van der Waals surface area contributed by atoms with Gasteiger partial charge in [-0.25, -0.2) is 0 Å². The van der Waals surface area contributed by atoms with Crippen molar-refractivity contribution in [3.05, 3.63) is 0 Å². The lowest BCUT2D eigenvalue weighted by atomic mass is 10.1. The van der Waals surface area contributed by atoms with Gasteiger partial charge >= 0.3 is 0 Å². The quantitative estimate of drug-likeness (QED) is 0.725. The van der Waals surface area contributed by atoms with Crippen molar-refractivity contribution in [2.24, 2.45) is 5.92 Å². The minimum atomic E-state index is 0.217. The van der Waals surface area contributed by atoms with Crippen molar-refractivity contribution in [2.45, 2.75) is 26.2 Å². The lowest BCUT2D eigenvalue weighted by Gasteiger charge is -2.08. The second kappa shape index (κ2) is 5.46. The van der Waals surface area contributed by atoms with Crippen molar-refractivity contribution in [3.63, 3.8) is 0 Å². The van der Waals surface area contributed by atoms with Gasteiger partial charge in [-0.3, -0.25) is 4.79 Å². The Morgan fingerprint density at radius 1 is 1.67 bits per heavy atom. The average Bonchev–Trinajstić information content (AvgIpc) is 2.53. The van der Waals surface area contributed by atoms with Gasteiger partial charge in [0.25, 0.3) is 0 Å². The summed E-state index contributed by atoms with van der Waals surface area (Å²) in [6, 6.07) is 0. The van der Waals surface area contributed by atoms with Gasteiger partial charge < -0.3 is 5.32 Å². The van der Waals surface area contributed by atoms with E-state index < -0.39 is 0 Å². The van der Waals surface area contributed by atoms with Gasteiger partial charge in [0.1, 0.15) is 0 Å². The first-order chi connectivity index (χ1) is 5.83. The maximum Gasteiger partial charge on any atom is 0.219 e. The fourth-order valence-corrected chi connectivity index (χ4v) is 2.60. The molecule has 0 aromatic carbocycles. The minimum absolute atomic E-state index is 0.217. The molecule has 1 fully saturated rings. The zero-order chi connectivity index (χ0) is 8.81. The Balaban J connectivity index is 2.03. The third kappa shape index (κ3) is 3.48. The topological polar surface area (TPSA) is 29.1 Å². The number of carbonyl (C=O) groups excluding carboxylic acids is 1. The summed E-state index contributed by atoms with van der Waals surface area (Å²) in [5, 5.41) is 2.97. The Labute approximate surface area is 78.5 Å². The van der Waals surface area contributed by atoms with Crippen LogP contribution in [-0.4, -0.2) is 24.0 Å². The number of amides is 1. The van der Waals surface area contributed by atoms with Gasteiger partial charge in [0, 0.05) is 13.0 Å². The summed E-state index contributed by atoms with van der Waals surface area (Å²) >= 11 is 2.00. The highest BCUT2D eigenvalue weighted by Gasteiger charge is 2.15. The Hall–Kier alpha value is -0.180. The first kappa shape index (κ1) is 9.90. The van der Waals surface area contributed by atoms with E-state index >= 15 is 0 Å². The third-order valence-corrected chi connectivity index (χ3v) is 3.32. The Morgan fingerprint density at radius 3 is 3.08 bits per heavy atom. The SMILES string of the molecule is CCCC(=O)NCC1CCSC1. The molecule has 1 aliphatic rings. The van der Waals surface area contributed by atoms with Crippen LogP contribution in [0.1, 0.15) is 26.2 Å². The van der Waals surface area contributed by atoms with Crippen molar-refractivity contribution in [1.29, 1.82) is 0 Å². The minimum Gasteiger partial charge on any atom is -0.356 e. The molecule has 1 N–H and O–H groups in total. The highest BCUT2D eigenvalue weighted by molar-refractivity contribution is 7.99. The van der Waals surface area contributed by atoms with Gasteiger partial charge in [-0.2, -0.15) is 11.8 Å². The molecule has 1 rings (SSSR count). The van der Waals surface area contributed by atoms with E-state index in [0.29, 0.717) is 6.42 Å². The smallest absolute Gasteiger partial charge is 0.219 e. The normalized spacial score (nSPS) is 22.6. The number of rotatable bonds is 4. The molecule has 3 heteroatoms. The summed E-state index contributed by atoms with van der Waals surface area (Å²) in [5.41, 5.74) is 0. The summed E-state index contributed by atoms with van der Waals surface area (Å²) in [6.45, 7) is 2.93. The van der Waals surface area contributed by atoms with Gasteiger partial charge in [0.15, 0.2) is 0 Å². The molecule has 1 amide bonds. The van der Waals surface area contributed by atoms with E-state index in [1.165, 1.54) is 17.9 Å². The van der Waals surface area contributed by atoms with Gasteiger partial charge in [-0.1, -0.05) is 6.92 Å². The zero-order valence-electron chi connectivity index (χ0n) is 7.64. The van der Waals surface area contributed by atoms with E-state index in [2.05, 4.69) is 5.32 Å². The molecule has 0 aromatic rings. The monoisotopic (exact) mass is 187 g/mol. The van der Waals surface area contributed by atoms with Crippen LogP contribution in [0.5, 0.6) is 0 Å². The van der Waals surface area contributed by atoms with Crippen molar-refractivity contribution >= 4 is 17.7 Å². The van der Waals surface area contributed by atoms with Crippen LogP contribution in [0.15, 0.2) is 0 Å². The van der Waals surface area contributed by atoms with Crippen LogP contribution in [0.4, 0.5) is 0 Å². The van der Waals surface area contributed by atoms with Crippen LogP contribution in [0.25, 0.3) is 0 Å². The van der Waals surface area contributed by atoms with Crippen LogP contribution >= 0.6 is 11.8 Å². The van der Waals surface area contributed by atoms with E-state index in [1.54, 1.807) is 0 Å². The summed E-state index contributed by atoms with van der Waals surface area (Å²) in [4.78, 5) is 11.1. The molecule has 1 atom stereocenters. The van der Waals surface area contributed by atoms with E-state index in [9.17, 15) is 4.79 Å². The van der Waals surface area contributed by atoms with Crippen LogP contribution < -0.4 is 5.32 Å². The number of carbonyl (C=O) groups is 1. The molecule has 70 valence electrons. The van der Waals surface area contributed by atoms with E-state index in [0.717, 1.165) is 18.9 Å². The number of hydrogen-bond acceptors (Lipinski definition) is 2. The van der Waals surface area contributed by atoms with Gasteiger partial charge in [-0.05, 0) is 30.3 Å². The first-order valence-electron chi connectivity index (χ1n) is 4.67. The Kier molecular flexibility index (Phi) is 4.51. The predicted molar refractivity (Wildman–Crippen MR) is 53.3 cm³/mol. The molecule has 0 aromatic heterocycles. The third-order valence-electron chi connectivity index (χ3n) is 2.09. The molecule has 1 saturated heterocycles. The fraction of sp³-hybridized carbons (Fsp3) is 0.889. The Morgan fingerprint density at radius 2 is 2.50 bits per heavy atom. The molecule has 0 bridgehead atoms. The predicted octanol–water partition coefficient (Wildman–Crippen LogP) is 1.66. The number of nitrogens with one attached hydrogen (secondary N) is 1. The molecule has 1 unspecified atom stereocenters. The largest absolute Gasteiger partial charge is 0.356 e. The molecule has 0 radical (unpaired) electrons. The maximum atomic E-state index is 11.1. The molecule has 0 saturated carbocycles. The molecule has 1 heterocycles. The highest BCUT2D eigenvalue weighted by Crippen LogP contribution is 2.22. The van der Waals surface area contributed by atoms with Crippen LogP contribution in [0.2, 0.25) is 0 Å². The van der Waals surface area contributed by atoms with E-state index in [4.69, 9.17) is 0 Å². The summed E-state index contributed by atoms with van der Waals surface area (Å²) in [6.07, 6.45) is 2.90. The number of thioether (sulfide) groups is 1. The fourth-order valence-electron chi connectivity index (χ4n) is 1.32. The second-order valence-corrected chi connectivity index (χ2v) is 4.43. The van der Waals surface area contributed by atoms with Crippen molar-refractivity contribution in [2.75, 3.05) is 18.1 Å². The summed E-state index contributed by atoms with van der Waals surface area (Å²) < 4.78 is 0. The maximum absolute atomic E-state index is 11.1. The molecular formula is C9H17NOS. The average molecular weight is 187 g/mol. The van der Waals surface area contributed by atoms with Gasteiger partial charge in [0.2, 0.25) is 5.91 Å². The molecule has 2 nitrogen and oxygen atoms in total. The Bertz CT molecular complexity index is 143. The zero-order valence-corrected chi connectivity index (χ0v) is 8.45. The van der Waals surface area contributed by atoms with Crippen LogP contribution in [-0.2, 0) is 4.79 Å². The summed E-state index contributed by atoms with van der Waals surface area (Å²) in [7, 11) is 0. The van der Waals surface area contributed by atoms with Crippen LogP contribution in [0, 0.1) is 5.92 Å². The molecule has 0 aliphatic carbocycles. The second-order valence-electron chi connectivity index (χ2n) is 3.28. The molecular weight excluding hydrogens is 170 g/mol. The molecule has 0 spiro atoms. The first-order valence-corrected chi connectivity index (χ1v) is 5.83. The standard InChI is InChI=1S/C9H17NOS/c1-2-3-9(11)10-6-8-4-5-12-7-8/h8H,2-7H2,1H3,(H,10,11). The van der Waals surface area contributed by atoms with Crippen molar-refractivity contribution in [3.8, 4) is 0 Å². The molecule has 1 aliphatic heterocycles. The lowest BCUT2D eigenvalue weighted by Crippen LogP contribution is -2.28. The van der Waals surface area contributed by atoms with Gasteiger partial charge in [-0.15, -0.1) is 0 Å². The number of hydrogen-bond donors (Lipinski definition) is 1. The summed E-state index contributed by atoms with van der Waals surface area (Å²) in [5.74, 6) is 3.45. The van der Waals surface area contributed by atoms with Crippen molar-refractivity contribution < 1.29 is 4.79 Å².